The predicted octanol–water partition coefficient (Wildman–Crippen LogP) is 6.75. The zero-order valence-electron chi connectivity index (χ0n) is 21.9. The van der Waals surface area contributed by atoms with Gasteiger partial charge in [0.25, 0.3) is 5.91 Å². The Morgan fingerprint density at radius 3 is 2.05 bits per heavy atom. The van der Waals surface area contributed by atoms with Gasteiger partial charge in [-0.3, -0.25) is 14.5 Å². The van der Waals surface area contributed by atoms with E-state index < -0.39 is 12.0 Å². The molecule has 4 aromatic rings. The highest BCUT2D eigenvalue weighted by molar-refractivity contribution is 6.12. The van der Waals surface area contributed by atoms with E-state index in [0.29, 0.717) is 11.4 Å². The molecule has 0 bridgehead atoms. The van der Waals surface area contributed by atoms with Crippen molar-refractivity contribution in [2.45, 2.75) is 46.6 Å². The number of nitrogens with zero attached hydrogens (tertiary/aromatic N) is 2. The Balaban J connectivity index is 1.75. The Hall–Kier alpha value is -4.25. The fraction of sp³-hybridized carbons (Fsp3) is 0.219. The molecule has 1 aliphatic heterocycles. The summed E-state index contributed by atoms with van der Waals surface area (Å²) in [4.78, 5) is 34.6. The van der Waals surface area contributed by atoms with Crippen LogP contribution in [-0.2, 0) is 4.79 Å². The molecule has 5 rings (SSSR count). The molecule has 5 nitrogen and oxygen atoms in total. The largest absolute Gasteiger partial charge is 0.310 e. The van der Waals surface area contributed by atoms with Crippen LogP contribution in [0.25, 0.3) is 0 Å². The molecule has 186 valence electrons. The molecule has 0 spiro atoms. The summed E-state index contributed by atoms with van der Waals surface area (Å²) >= 11 is 0. The van der Waals surface area contributed by atoms with E-state index >= 15 is 0 Å². The summed E-state index contributed by atoms with van der Waals surface area (Å²) in [7, 11) is 0. The van der Waals surface area contributed by atoms with Gasteiger partial charge in [0.1, 0.15) is 5.82 Å². The monoisotopic (exact) mass is 489 g/mol. The molecule has 2 atom stereocenters. The third-order valence-electron chi connectivity index (χ3n) is 6.83. The van der Waals surface area contributed by atoms with Gasteiger partial charge in [-0.05, 0) is 87.2 Å². The summed E-state index contributed by atoms with van der Waals surface area (Å²) in [5.74, 6) is -0.450. The molecule has 0 aliphatic carbocycles. The highest BCUT2D eigenvalue weighted by Gasteiger charge is 2.45. The number of aryl methyl sites for hydroxylation is 5. The molecule has 0 saturated carbocycles. The minimum absolute atomic E-state index is 0.109. The van der Waals surface area contributed by atoms with E-state index in [4.69, 9.17) is 0 Å². The molecule has 0 radical (unpaired) electrons. The van der Waals surface area contributed by atoms with Crippen molar-refractivity contribution in [3.63, 3.8) is 0 Å². The maximum Gasteiger partial charge on any atom is 0.259 e. The molecule has 0 fully saturated rings. The van der Waals surface area contributed by atoms with Crippen molar-refractivity contribution in [1.29, 1.82) is 0 Å². The number of hydrogen-bond donors (Lipinski definition) is 1. The Morgan fingerprint density at radius 2 is 1.41 bits per heavy atom. The number of anilines is 2. The maximum absolute atomic E-state index is 14.1. The molecule has 1 aliphatic rings. The van der Waals surface area contributed by atoms with Crippen LogP contribution in [0.2, 0.25) is 0 Å². The van der Waals surface area contributed by atoms with Crippen LogP contribution in [0.3, 0.4) is 0 Å². The van der Waals surface area contributed by atoms with Gasteiger partial charge < -0.3 is 5.32 Å². The lowest BCUT2D eigenvalue weighted by molar-refractivity contribution is -0.118. The van der Waals surface area contributed by atoms with Gasteiger partial charge in [0, 0.05) is 16.9 Å². The molecule has 5 heteroatoms. The number of amides is 2. The zero-order valence-corrected chi connectivity index (χ0v) is 21.9. The summed E-state index contributed by atoms with van der Waals surface area (Å²) in [5.41, 5.74) is 8.09. The number of pyridine rings is 1. The predicted molar refractivity (Wildman–Crippen MR) is 148 cm³/mol. The Bertz CT molecular complexity index is 1480. The van der Waals surface area contributed by atoms with Gasteiger partial charge in [-0.15, -0.1) is 0 Å². The Kier molecular flexibility index (Phi) is 6.38. The molecule has 0 unspecified atom stereocenters. The fourth-order valence-corrected chi connectivity index (χ4v) is 5.53. The third-order valence-corrected chi connectivity index (χ3v) is 6.83. The van der Waals surface area contributed by atoms with E-state index in [1.165, 1.54) is 0 Å². The van der Waals surface area contributed by atoms with Crippen LogP contribution < -0.4 is 10.2 Å². The standard InChI is InChI=1S/C32H31N3O2/c1-19-13-20(2)16-24(15-19)30-29(31(36)34-28-12-8-9-23(5)33-28)26-10-6-7-11-27(26)32(37)35(30)25-17-21(3)14-22(4)18-25/h6-18,29-30H,1-5H3,(H,33,34,36)/t29-,30+/m0/s1. The van der Waals surface area contributed by atoms with Crippen molar-refractivity contribution in [2.24, 2.45) is 0 Å². The summed E-state index contributed by atoms with van der Waals surface area (Å²) in [6.07, 6.45) is 0. The summed E-state index contributed by atoms with van der Waals surface area (Å²) in [6.45, 7) is 10.0. The first-order valence-electron chi connectivity index (χ1n) is 12.5. The van der Waals surface area contributed by atoms with Gasteiger partial charge in [-0.25, -0.2) is 4.98 Å². The van der Waals surface area contributed by atoms with Crippen LogP contribution in [0.4, 0.5) is 11.5 Å². The first-order valence-corrected chi connectivity index (χ1v) is 12.5. The van der Waals surface area contributed by atoms with Gasteiger partial charge in [-0.2, -0.15) is 0 Å². The molecule has 37 heavy (non-hydrogen) atoms. The number of carbonyl (C=O) groups excluding carboxylic acids is 2. The quantitative estimate of drug-likeness (QED) is 0.345. The number of rotatable bonds is 4. The van der Waals surface area contributed by atoms with E-state index in [-0.39, 0.29) is 11.8 Å². The highest BCUT2D eigenvalue weighted by atomic mass is 16.2. The second kappa shape index (κ2) is 9.66. The van der Waals surface area contributed by atoms with Crippen LogP contribution in [0.1, 0.15) is 61.4 Å². The molecule has 0 saturated heterocycles. The lowest BCUT2D eigenvalue weighted by Gasteiger charge is -2.42. The zero-order chi connectivity index (χ0) is 26.3. The van der Waals surface area contributed by atoms with Crippen LogP contribution in [0, 0.1) is 34.6 Å². The van der Waals surface area contributed by atoms with Crippen molar-refractivity contribution in [2.75, 3.05) is 10.2 Å². The van der Waals surface area contributed by atoms with Gasteiger partial charge in [0.15, 0.2) is 0 Å². The average Bonchev–Trinajstić information content (AvgIpc) is 2.82. The van der Waals surface area contributed by atoms with E-state index in [9.17, 15) is 9.59 Å². The number of benzene rings is 3. The van der Waals surface area contributed by atoms with Crippen molar-refractivity contribution in [1.82, 2.24) is 4.98 Å². The summed E-state index contributed by atoms with van der Waals surface area (Å²) < 4.78 is 0. The van der Waals surface area contributed by atoms with Crippen LogP contribution in [0.15, 0.2) is 78.9 Å². The number of hydrogen-bond acceptors (Lipinski definition) is 3. The van der Waals surface area contributed by atoms with E-state index in [1.807, 2.05) is 88.0 Å². The topological polar surface area (TPSA) is 62.3 Å². The molecule has 2 heterocycles. The lowest BCUT2D eigenvalue weighted by Crippen LogP contribution is -2.46. The number of aromatic nitrogens is 1. The van der Waals surface area contributed by atoms with Crippen LogP contribution in [0.5, 0.6) is 0 Å². The molecular formula is C32H31N3O2. The van der Waals surface area contributed by atoms with Crippen LogP contribution in [-0.4, -0.2) is 16.8 Å². The van der Waals surface area contributed by atoms with Crippen LogP contribution >= 0.6 is 0 Å². The highest BCUT2D eigenvalue weighted by Crippen LogP contribution is 2.46. The van der Waals surface area contributed by atoms with E-state index in [2.05, 4.69) is 34.6 Å². The Morgan fingerprint density at radius 1 is 0.784 bits per heavy atom. The second-order valence-electron chi connectivity index (χ2n) is 10.1. The van der Waals surface area contributed by atoms with Crippen molar-refractivity contribution >= 4 is 23.3 Å². The molecule has 2 amide bonds. The minimum Gasteiger partial charge on any atom is -0.310 e. The molecule has 3 aromatic carbocycles. The second-order valence-corrected chi connectivity index (χ2v) is 10.1. The molecule has 1 aromatic heterocycles. The van der Waals surface area contributed by atoms with Gasteiger partial charge in [0.2, 0.25) is 5.91 Å². The van der Waals surface area contributed by atoms with Crippen molar-refractivity contribution < 1.29 is 9.59 Å². The van der Waals surface area contributed by atoms with E-state index in [0.717, 1.165) is 44.8 Å². The smallest absolute Gasteiger partial charge is 0.259 e. The normalized spacial score (nSPS) is 16.9. The summed E-state index contributed by atoms with van der Waals surface area (Å²) in [6, 6.07) is 24.9. The number of fused-ring (bicyclic) bond motifs is 1. The Labute approximate surface area is 218 Å². The first kappa shape index (κ1) is 24.4. The SMILES string of the molecule is Cc1cc(C)cc([C@@H]2[C@@H](C(=O)Nc3cccc(C)n3)c3ccccc3C(=O)N2c2cc(C)cc(C)c2)c1. The minimum atomic E-state index is -0.641. The van der Waals surface area contributed by atoms with Crippen molar-refractivity contribution in [3.8, 4) is 0 Å². The van der Waals surface area contributed by atoms with Gasteiger partial charge in [-0.1, -0.05) is 59.7 Å². The lowest BCUT2D eigenvalue weighted by atomic mass is 9.78. The van der Waals surface area contributed by atoms with Crippen molar-refractivity contribution in [3.05, 3.63) is 124 Å². The number of nitrogens with one attached hydrogen (secondary N) is 1. The maximum atomic E-state index is 14.1. The summed E-state index contributed by atoms with van der Waals surface area (Å²) in [5, 5.41) is 3.04. The molecule has 1 N–H and O–H groups in total. The van der Waals surface area contributed by atoms with E-state index in [1.54, 1.807) is 6.07 Å². The first-order chi connectivity index (χ1) is 17.7. The van der Waals surface area contributed by atoms with Gasteiger partial charge in [0.05, 0.1) is 12.0 Å². The molecular weight excluding hydrogens is 458 g/mol. The fourth-order valence-electron chi connectivity index (χ4n) is 5.53. The third kappa shape index (κ3) is 4.77. The van der Waals surface area contributed by atoms with Gasteiger partial charge >= 0.3 is 0 Å². The number of carbonyl (C=O) groups is 2. The average molecular weight is 490 g/mol.